The van der Waals surface area contributed by atoms with E-state index in [1.54, 1.807) is 4.90 Å². The molecule has 33 heavy (non-hydrogen) atoms. The summed E-state index contributed by atoms with van der Waals surface area (Å²) in [4.78, 5) is 29.6. The van der Waals surface area contributed by atoms with Gasteiger partial charge in [0.2, 0.25) is 5.91 Å². The highest BCUT2D eigenvalue weighted by Gasteiger charge is 2.27. The number of nitrogens with one attached hydrogen (secondary N) is 1. The van der Waals surface area contributed by atoms with Crippen LogP contribution in [0.25, 0.3) is 11.0 Å². The van der Waals surface area contributed by atoms with Gasteiger partial charge in [-0.05, 0) is 63.1 Å². The number of ether oxygens (including phenoxy) is 1. The number of anilines is 1. The van der Waals surface area contributed by atoms with Crippen molar-refractivity contribution in [3.8, 4) is 5.75 Å². The van der Waals surface area contributed by atoms with Gasteiger partial charge in [-0.15, -0.1) is 0 Å². The largest absolute Gasteiger partial charge is 0.494 e. The molecule has 7 heteroatoms. The molecule has 3 aromatic rings. The maximum Gasteiger partial charge on any atom is 0.289 e. The van der Waals surface area contributed by atoms with Gasteiger partial charge >= 0.3 is 0 Å². The van der Waals surface area contributed by atoms with E-state index in [0.717, 1.165) is 33.5 Å². The van der Waals surface area contributed by atoms with Crippen molar-refractivity contribution in [3.63, 3.8) is 0 Å². The van der Waals surface area contributed by atoms with E-state index in [4.69, 9.17) is 9.15 Å². The van der Waals surface area contributed by atoms with Gasteiger partial charge in [0.05, 0.1) is 13.2 Å². The first-order valence-corrected chi connectivity index (χ1v) is 11.4. The number of benzene rings is 2. The molecule has 1 aliphatic rings. The lowest BCUT2D eigenvalue weighted by Gasteiger charge is -2.34. The zero-order chi connectivity index (χ0) is 23.5. The van der Waals surface area contributed by atoms with E-state index in [0.29, 0.717) is 50.7 Å². The van der Waals surface area contributed by atoms with E-state index in [1.165, 1.54) is 0 Å². The Bertz CT molecular complexity index is 1180. The fraction of sp³-hybridized carbons (Fsp3) is 0.385. The van der Waals surface area contributed by atoms with Crippen LogP contribution < -0.4 is 10.1 Å². The van der Waals surface area contributed by atoms with E-state index in [9.17, 15) is 9.59 Å². The number of carbonyl (C=O) groups excluding carboxylic acids is 2. The van der Waals surface area contributed by atoms with E-state index in [-0.39, 0.29) is 11.8 Å². The van der Waals surface area contributed by atoms with Crippen LogP contribution in [0.4, 0.5) is 5.69 Å². The van der Waals surface area contributed by atoms with Gasteiger partial charge in [0.1, 0.15) is 11.3 Å². The molecule has 1 aliphatic heterocycles. The summed E-state index contributed by atoms with van der Waals surface area (Å²) in [6.07, 6.45) is 0. The Morgan fingerprint density at radius 1 is 1.03 bits per heavy atom. The molecule has 0 bridgehead atoms. The fourth-order valence-corrected chi connectivity index (χ4v) is 4.19. The van der Waals surface area contributed by atoms with Gasteiger partial charge in [0, 0.05) is 42.8 Å². The van der Waals surface area contributed by atoms with Crippen molar-refractivity contribution < 1.29 is 18.7 Å². The number of hydrogen-bond acceptors (Lipinski definition) is 5. The van der Waals surface area contributed by atoms with Gasteiger partial charge in [-0.2, -0.15) is 0 Å². The molecule has 1 aromatic heterocycles. The van der Waals surface area contributed by atoms with Crippen LogP contribution in [0.3, 0.4) is 0 Å². The van der Waals surface area contributed by atoms with Crippen molar-refractivity contribution in [2.75, 3.05) is 44.6 Å². The number of carbonyl (C=O) groups is 2. The molecule has 1 N–H and O–H groups in total. The second-order valence-corrected chi connectivity index (χ2v) is 8.51. The van der Waals surface area contributed by atoms with Crippen LogP contribution in [-0.4, -0.2) is 60.9 Å². The molecule has 2 heterocycles. The lowest BCUT2D eigenvalue weighted by atomic mass is 10.1. The molecule has 0 saturated carbocycles. The third-order valence-electron chi connectivity index (χ3n) is 6.32. The summed E-state index contributed by atoms with van der Waals surface area (Å²) in [7, 11) is 0. The maximum absolute atomic E-state index is 13.1. The van der Waals surface area contributed by atoms with Crippen LogP contribution in [0.5, 0.6) is 5.75 Å². The molecule has 7 nitrogen and oxygen atoms in total. The molecular weight excluding hydrogens is 418 g/mol. The van der Waals surface area contributed by atoms with E-state index < -0.39 is 0 Å². The average Bonchev–Trinajstić information content (AvgIpc) is 3.13. The minimum atomic E-state index is -0.110. The molecule has 0 radical (unpaired) electrons. The first-order chi connectivity index (χ1) is 15.9. The Kier molecular flexibility index (Phi) is 6.70. The molecule has 0 spiro atoms. The third-order valence-corrected chi connectivity index (χ3v) is 6.32. The van der Waals surface area contributed by atoms with Crippen molar-refractivity contribution in [2.45, 2.75) is 27.7 Å². The van der Waals surface area contributed by atoms with Crippen LogP contribution >= 0.6 is 0 Å². The minimum Gasteiger partial charge on any atom is -0.494 e. The zero-order valence-corrected chi connectivity index (χ0v) is 19.7. The Morgan fingerprint density at radius 2 is 1.79 bits per heavy atom. The molecule has 1 fully saturated rings. The van der Waals surface area contributed by atoms with Crippen molar-refractivity contribution in [1.82, 2.24) is 9.80 Å². The van der Waals surface area contributed by atoms with Crippen molar-refractivity contribution in [2.24, 2.45) is 0 Å². The van der Waals surface area contributed by atoms with E-state index >= 15 is 0 Å². The molecule has 2 aromatic carbocycles. The van der Waals surface area contributed by atoms with E-state index in [1.807, 2.05) is 64.1 Å². The Balaban J connectivity index is 1.36. The van der Waals surface area contributed by atoms with Crippen molar-refractivity contribution >= 4 is 28.5 Å². The minimum absolute atomic E-state index is 0.0401. The lowest BCUT2D eigenvalue weighted by molar-refractivity contribution is -0.117. The van der Waals surface area contributed by atoms with Crippen molar-refractivity contribution in [3.05, 3.63) is 58.8 Å². The van der Waals surface area contributed by atoms with E-state index in [2.05, 4.69) is 10.2 Å². The van der Waals surface area contributed by atoms with Gasteiger partial charge in [0.25, 0.3) is 5.91 Å². The summed E-state index contributed by atoms with van der Waals surface area (Å²) in [5.41, 5.74) is 4.58. The van der Waals surface area contributed by atoms with Crippen LogP contribution in [0.1, 0.15) is 34.2 Å². The van der Waals surface area contributed by atoms with Crippen molar-refractivity contribution in [1.29, 1.82) is 0 Å². The number of rotatable bonds is 6. The number of hydrogen-bond donors (Lipinski definition) is 1. The first-order valence-electron chi connectivity index (χ1n) is 11.4. The summed E-state index contributed by atoms with van der Waals surface area (Å²) in [6, 6.07) is 11.5. The van der Waals surface area contributed by atoms with Gasteiger partial charge in [-0.3, -0.25) is 14.5 Å². The number of aryl methyl sites for hydroxylation is 2. The Labute approximate surface area is 194 Å². The second kappa shape index (κ2) is 9.67. The average molecular weight is 450 g/mol. The number of amides is 2. The summed E-state index contributed by atoms with van der Waals surface area (Å²) >= 11 is 0. The fourth-order valence-electron chi connectivity index (χ4n) is 4.19. The summed E-state index contributed by atoms with van der Waals surface area (Å²) in [5.74, 6) is 0.989. The Morgan fingerprint density at radius 3 is 2.52 bits per heavy atom. The SMILES string of the molecule is CCOc1ccc2oc(C(=O)N3CCN(CC(=O)Nc4cccc(C)c4C)CC3)c(C)c2c1. The highest BCUT2D eigenvalue weighted by Crippen LogP contribution is 2.30. The first kappa shape index (κ1) is 22.9. The van der Waals surface area contributed by atoms with Crippen LogP contribution in [0.2, 0.25) is 0 Å². The van der Waals surface area contributed by atoms with Gasteiger partial charge in [-0.25, -0.2) is 0 Å². The molecule has 0 unspecified atom stereocenters. The quantitative estimate of drug-likeness (QED) is 0.612. The predicted octanol–water partition coefficient (Wildman–Crippen LogP) is 4.15. The summed E-state index contributed by atoms with van der Waals surface area (Å²) in [6.45, 7) is 11.2. The predicted molar refractivity (Wildman–Crippen MR) is 129 cm³/mol. The van der Waals surface area contributed by atoms with Crippen LogP contribution in [0, 0.1) is 20.8 Å². The summed E-state index contributed by atoms with van der Waals surface area (Å²) < 4.78 is 11.5. The smallest absolute Gasteiger partial charge is 0.289 e. The molecule has 2 amide bonds. The lowest BCUT2D eigenvalue weighted by Crippen LogP contribution is -2.50. The van der Waals surface area contributed by atoms with Gasteiger partial charge in [0.15, 0.2) is 5.76 Å². The molecule has 0 atom stereocenters. The number of fused-ring (bicyclic) bond motifs is 1. The maximum atomic E-state index is 13.1. The molecule has 4 rings (SSSR count). The number of nitrogens with zero attached hydrogens (tertiary/aromatic N) is 2. The second-order valence-electron chi connectivity index (χ2n) is 8.51. The number of piperazine rings is 1. The van der Waals surface area contributed by atoms with Gasteiger partial charge in [-0.1, -0.05) is 12.1 Å². The highest BCUT2D eigenvalue weighted by atomic mass is 16.5. The summed E-state index contributed by atoms with van der Waals surface area (Å²) in [5, 5.41) is 3.90. The molecule has 174 valence electrons. The van der Waals surface area contributed by atoms with Crippen LogP contribution in [0.15, 0.2) is 40.8 Å². The Hall–Kier alpha value is -3.32. The number of furan rings is 1. The normalized spacial score (nSPS) is 14.5. The third kappa shape index (κ3) is 4.88. The monoisotopic (exact) mass is 449 g/mol. The highest BCUT2D eigenvalue weighted by molar-refractivity contribution is 5.99. The standard InChI is InChI=1S/C26H31N3O4/c1-5-32-20-9-10-23-21(15-20)19(4)25(33-23)26(31)29-13-11-28(12-14-29)16-24(30)27-22-8-6-7-17(2)18(22)3/h6-10,15H,5,11-14,16H2,1-4H3,(H,27,30). The van der Waals surface area contributed by atoms with Gasteiger partial charge < -0.3 is 19.4 Å². The van der Waals surface area contributed by atoms with Crippen LogP contribution in [-0.2, 0) is 4.79 Å². The molecular formula is C26H31N3O4. The topological polar surface area (TPSA) is 75.0 Å². The molecule has 0 aliphatic carbocycles. The zero-order valence-electron chi connectivity index (χ0n) is 19.7. The molecule has 1 saturated heterocycles.